The lowest BCUT2D eigenvalue weighted by Gasteiger charge is -2.57. The lowest BCUT2D eigenvalue weighted by Crippen LogP contribution is -2.48. The number of fused-ring (bicyclic) bond motifs is 12. The molecule has 15 rings (SSSR count). The second kappa shape index (κ2) is 12.4. The van der Waals surface area contributed by atoms with Crippen molar-refractivity contribution in [2.75, 3.05) is 0 Å². The Morgan fingerprint density at radius 2 is 1.05 bits per heavy atom. The quantitative estimate of drug-likeness (QED) is 0.178. The van der Waals surface area contributed by atoms with E-state index in [2.05, 4.69) is 152 Å². The molecule has 0 unspecified atom stereocenters. The largest absolute Gasteiger partial charge is 0.456 e. The van der Waals surface area contributed by atoms with Crippen LogP contribution in [0, 0.1) is 17.8 Å². The van der Waals surface area contributed by atoms with Crippen molar-refractivity contribution in [3.05, 3.63) is 192 Å². The van der Waals surface area contributed by atoms with E-state index < -0.39 is 5.41 Å². The number of nitrogens with zero attached hydrogens (tertiary/aromatic N) is 2. The fourth-order valence-corrected chi connectivity index (χ4v) is 13.3. The van der Waals surface area contributed by atoms with Crippen molar-refractivity contribution < 1.29 is 9.15 Å². The van der Waals surface area contributed by atoms with Crippen LogP contribution in [-0.2, 0) is 10.8 Å². The summed E-state index contributed by atoms with van der Waals surface area (Å²) in [6.07, 6.45) is 8.37. The predicted octanol–water partition coefficient (Wildman–Crippen LogP) is 14.3. The van der Waals surface area contributed by atoms with Crippen LogP contribution in [0.4, 0.5) is 0 Å². The third kappa shape index (κ3) is 4.76. The second-order valence-corrected chi connectivity index (χ2v) is 18.7. The summed E-state index contributed by atoms with van der Waals surface area (Å²) in [5.74, 6) is 5.10. The van der Waals surface area contributed by atoms with Crippen LogP contribution in [0.25, 0.3) is 67.0 Å². The summed E-state index contributed by atoms with van der Waals surface area (Å²) < 4.78 is 13.4. The first-order valence-corrected chi connectivity index (χ1v) is 22.1. The molecule has 4 heteroatoms. The predicted molar refractivity (Wildman–Crippen MR) is 243 cm³/mol. The molecule has 1 aliphatic heterocycles. The molecule has 4 bridgehead atoms. The molecule has 61 heavy (non-hydrogen) atoms. The molecule has 292 valence electrons. The van der Waals surface area contributed by atoms with Gasteiger partial charge in [-0.25, -0.2) is 9.97 Å². The van der Waals surface area contributed by atoms with E-state index in [0.717, 1.165) is 90.4 Å². The van der Waals surface area contributed by atoms with Crippen LogP contribution in [0.3, 0.4) is 0 Å². The minimum atomic E-state index is -0.563. The molecule has 0 atom stereocenters. The number of hydrogen-bond acceptors (Lipinski definition) is 4. The third-order valence-electron chi connectivity index (χ3n) is 15.3. The first-order valence-electron chi connectivity index (χ1n) is 22.1. The number of hydrogen-bond donors (Lipinski definition) is 0. The van der Waals surface area contributed by atoms with Crippen molar-refractivity contribution in [2.45, 2.75) is 49.4 Å². The van der Waals surface area contributed by atoms with Crippen molar-refractivity contribution in [1.82, 2.24) is 9.97 Å². The van der Waals surface area contributed by atoms with Gasteiger partial charge in [0.1, 0.15) is 22.7 Å². The van der Waals surface area contributed by atoms with Crippen LogP contribution in [0.15, 0.2) is 168 Å². The van der Waals surface area contributed by atoms with E-state index in [1.807, 2.05) is 12.1 Å². The van der Waals surface area contributed by atoms with Crippen LogP contribution >= 0.6 is 0 Å². The van der Waals surface area contributed by atoms with Gasteiger partial charge in [-0.15, -0.1) is 0 Å². The molecule has 3 heterocycles. The Morgan fingerprint density at radius 3 is 1.80 bits per heavy atom. The highest BCUT2D eigenvalue weighted by Crippen LogP contribution is 2.64. The first-order chi connectivity index (χ1) is 30.1. The van der Waals surface area contributed by atoms with Gasteiger partial charge in [0, 0.05) is 38.6 Å². The minimum Gasteiger partial charge on any atom is -0.456 e. The fourth-order valence-electron chi connectivity index (χ4n) is 13.3. The van der Waals surface area contributed by atoms with Crippen molar-refractivity contribution in [2.24, 2.45) is 17.8 Å². The van der Waals surface area contributed by atoms with Crippen LogP contribution in [0.5, 0.6) is 11.5 Å². The van der Waals surface area contributed by atoms with Crippen LogP contribution in [-0.4, -0.2) is 9.97 Å². The van der Waals surface area contributed by atoms with E-state index in [0.29, 0.717) is 11.2 Å². The standard InChI is InChI=1S/C57H42N2O2/c1-4-14-45-40(10-1)41-11-2-5-15-46(41)57(45)47-16-6-8-19-53(47)61-54-43(13-9-17-48(54)57)50-30-49(38-22-25-52-44(29-38)42-12-3-7-18-51(42)60-52)58-55(59-50)37-20-23-39(24-21-37)56-31-34-26-35(32-56)28-36(27-34)33-56/h1-25,29-30,34-36H,26-28,31-33H2/t34-,35+,36?,56?. The van der Waals surface area contributed by atoms with E-state index in [4.69, 9.17) is 19.1 Å². The maximum atomic E-state index is 7.13. The Bertz CT molecular complexity index is 3200. The molecule has 2 aromatic heterocycles. The highest BCUT2D eigenvalue weighted by Gasteiger charge is 2.53. The lowest BCUT2D eigenvalue weighted by atomic mass is 9.48. The Labute approximate surface area is 354 Å². The number of rotatable bonds is 4. The Kier molecular flexibility index (Phi) is 6.90. The second-order valence-electron chi connectivity index (χ2n) is 18.7. The molecular formula is C57H42N2O2. The van der Waals surface area contributed by atoms with Gasteiger partial charge in [0.2, 0.25) is 0 Å². The maximum absolute atomic E-state index is 7.13. The van der Waals surface area contributed by atoms with Crippen molar-refractivity contribution in [3.8, 4) is 56.5 Å². The minimum absolute atomic E-state index is 0.327. The molecular weight excluding hydrogens is 745 g/mol. The van der Waals surface area contributed by atoms with Gasteiger partial charge in [0.15, 0.2) is 5.82 Å². The zero-order valence-corrected chi connectivity index (χ0v) is 33.8. The van der Waals surface area contributed by atoms with Gasteiger partial charge in [0.05, 0.1) is 16.8 Å². The SMILES string of the molecule is c1ccc2c(c1)Oc1c(-c3cc(-c4ccc5oc6ccccc6c5c4)nc(-c4ccc(C56CC7C[C@H](C5)C[C@@H](C7)C6)cc4)n3)cccc1C21c2ccccc2-c2ccccc21. The summed E-state index contributed by atoms with van der Waals surface area (Å²) in [6, 6.07) is 59.2. The maximum Gasteiger partial charge on any atom is 0.160 e. The molecule has 0 saturated heterocycles. The van der Waals surface area contributed by atoms with Gasteiger partial charge in [-0.05, 0) is 132 Å². The molecule has 7 aromatic carbocycles. The molecule has 1 spiro atoms. The molecule has 9 aromatic rings. The zero-order chi connectivity index (χ0) is 39.9. The van der Waals surface area contributed by atoms with Crippen molar-refractivity contribution in [1.29, 1.82) is 0 Å². The summed E-state index contributed by atoms with van der Waals surface area (Å²) in [6.45, 7) is 0. The Balaban J connectivity index is 0.974. The summed E-state index contributed by atoms with van der Waals surface area (Å²) in [5.41, 5.74) is 15.0. The van der Waals surface area contributed by atoms with Crippen molar-refractivity contribution in [3.63, 3.8) is 0 Å². The number of para-hydroxylation sites is 3. The van der Waals surface area contributed by atoms with E-state index in [1.165, 1.54) is 66.3 Å². The molecule has 0 radical (unpaired) electrons. The average molecular weight is 787 g/mol. The van der Waals surface area contributed by atoms with Crippen LogP contribution in [0.1, 0.15) is 66.3 Å². The molecule has 4 fully saturated rings. The zero-order valence-electron chi connectivity index (χ0n) is 33.8. The van der Waals surface area contributed by atoms with Gasteiger partial charge in [0.25, 0.3) is 0 Å². The summed E-state index contributed by atoms with van der Waals surface area (Å²) in [4.78, 5) is 10.9. The van der Waals surface area contributed by atoms with Crippen molar-refractivity contribution >= 4 is 21.9 Å². The smallest absolute Gasteiger partial charge is 0.160 e. The Hall–Kier alpha value is -6.78. The highest BCUT2D eigenvalue weighted by molar-refractivity contribution is 6.06. The monoisotopic (exact) mass is 786 g/mol. The molecule has 4 nitrogen and oxygen atoms in total. The topological polar surface area (TPSA) is 48.2 Å². The van der Waals surface area contributed by atoms with Gasteiger partial charge in [-0.3, -0.25) is 0 Å². The fraction of sp³-hybridized carbons (Fsp3) is 0.193. The van der Waals surface area contributed by atoms with Crippen LogP contribution < -0.4 is 4.74 Å². The molecule has 6 aliphatic rings. The van der Waals surface area contributed by atoms with Gasteiger partial charge < -0.3 is 9.15 Å². The normalized spacial score (nSPS) is 22.2. The molecule has 0 amide bonds. The van der Waals surface area contributed by atoms with Gasteiger partial charge in [-0.2, -0.15) is 0 Å². The molecule has 4 saturated carbocycles. The summed E-state index contributed by atoms with van der Waals surface area (Å²) >= 11 is 0. The van der Waals surface area contributed by atoms with E-state index in [-0.39, 0.29) is 0 Å². The number of benzene rings is 7. The van der Waals surface area contributed by atoms with Crippen LogP contribution in [0.2, 0.25) is 0 Å². The number of aromatic nitrogens is 2. The number of furan rings is 1. The van der Waals surface area contributed by atoms with E-state index in [1.54, 1.807) is 0 Å². The summed E-state index contributed by atoms with van der Waals surface area (Å²) in [5, 5.41) is 2.17. The molecule has 0 N–H and O–H groups in total. The number of ether oxygens (including phenoxy) is 1. The molecule has 5 aliphatic carbocycles. The lowest BCUT2D eigenvalue weighted by molar-refractivity contribution is -0.00518. The van der Waals surface area contributed by atoms with E-state index >= 15 is 0 Å². The van der Waals surface area contributed by atoms with Gasteiger partial charge in [-0.1, -0.05) is 121 Å². The summed E-state index contributed by atoms with van der Waals surface area (Å²) in [7, 11) is 0. The third-order valence-corrected chi connectivity index (χ3v) is 15.3. The highest BCUT2D eigenvalue weighted by atomic mass is 16.5. The van der Waals surface area contributed by atoms with E-state index in [9.17, 15) is 0 Å². The van der Waals surface area contributed by atoms with Gasteiger partial charge >= 0.3 is 0 Å². The Morgan fingerprint density at radius 1 is 0.459 bits per heavy atom. The average Bonchev–Trinajstić information content (AvgIpc) is 3.82. The first kappa shape index (κ1) is 34.0.